The molecular formula is C15H30ClN3O2. The molecule has 0 aromatic heterocycles. The van der Waals surface area contributed by atoms with Gasteiger partial charge in [0.15, 0.2) is 0 Å². The maximum Gasteiger partial charge on any atom is 0.239 e. The Morgan fingerprint density at radius 2 is 1.67 bits per heavy atom. The van der Waals surface area contributed by atoms with Gasteiger partial charge in [-0.3, -0.25) is 9.59 Å². The molecule has 0 radical (unpaired) electrons. The van der Waals surface area contributed by atoms with Crippen LogP contribution in [0.15, 0.2) is 0 Å². The van der Waals surface area contributed by atoms with Gasteiger partial charge in [0.05, 0.1) is 6.54 Å². The summed E-state index contributed by atoms with van der Waals surface area (Å²) in [5, 5.41) is 8.93. The van der Waals surface area contributed by atoms with Crippen molar-refractivity contribution in [3.8, 4) is 0 Å². The first kappa shape index (κ1) is 20.2. The normalized spacial score (nSPS) is 17.5. The minimum atomic E-state index is -0.105. The molecule has 6 heteroatoms. The Balaban J connectivity index is 0.00000400. The lowest BCUT2D eigenvalue weighted by atomic mass is 9.81. The maximum absolute atomic E-state index is 11.8. The molecule has 1 heterocycles. The van der Waals surface area contributed by atoms with Crippen LogP contribution in [0.3, 0.4) is 0 Å². The summed E-state index contributed by atoms with van der Waals surface area (Å²) in [6.45, 7) is 11.0. The average Bonchev–Trinajstić information content (AvgIpc) is 2.33. The van der Waals surface area contributed by atoms with Crippen LogP contribution in [0.1, 0.15) is 47.0 Å². The van der Waals surface area contributed by atoms with Gasteiger partial charge in [-0.15, -0.1) is 12.4 Å². The lowest BCUT2D eigenvalue weighted by Gasteiger charge is -2.34. The van der Waals surface area contributed by atoms with Crippen molar-refractivity contribution in [2.24, 2.45) is 10.8 Å². The van der Waals surface area contributed by atoms with E-state index in [1.165, 1.54) is 0 Å². The maximum atomic E-state index is 11.8. The van der Waals surface area contributed by atoms with Crippen LogP contribution in [-0.2, 0) is 9.59 Å². The number of hydrogen-bond donors (Lipinski definition) is 3. The molecule has 5 nitrogen and oxygen atoms in total. The van der Waals surface area contributed by atoms with Gasteiger partial charge in [0.1, 0.15) is 0 Å². The molecule has 0 aromatic carbocycles. The minimum absolute atomic E-state index is 0. The topological polar surface area (TPSA) is 70.2 Å². The number of nitrogens with one attached hydrogen (secondary N) is 3. The summed E-state index contributed by atoms with van der Waals surface area (Å²) in [6.07, 6.45) is 2.58. The van der Waals surface area contributed by atoms with Gasteiger partial charge in [-0.05, 0) is 36.8 Å². The quantitative estimate of drug-likeness (QED) is 0.718. The van der Waals surface area contributed by atoms with Gasteiger partial charge in [0.2, 0.25) is 11.8 Å². The van der Waals surface area contributed by atoms with Crippen molar-refractivity contribution in [3.05, 3.63) is 0 Å². The molecule has 1 aliphatic heterocycles. The molecule has 0 bridgehead atoms. The summed E-state index contributed by atoms with van der Waals surface area (Å²) >= 11 is 0. The largest absolute Gasteiger partial charge is 0.354 e. The molecule has 0 atom stereocenters. The number of piperidine rings is 1. The number of hydrogen-bond acceptors (Lipinski definition) is 3. The molecule has 0 aliphatic carbocycles. The van der Waals surface area contributed by atoms with Crippen molar-refractivity contribution in [1.29, 1.82) is 0 Å². The van der Waals surface area contributed by atoms with Gasteiger partial charge in [-0.2, -0.15) is 0 Å². The van der Waals surface area contributed by atoms with E-state index in [1.54, 1.807) is 0 Å². The molecule has 0 saturated carbocycles. The van der Waals surface area contributed by atoms with E-state index in [2.05, 4.69) is 22.9 Å². The molecule has 2 amide bonds. The molecule has 1 rings (SSSR count). The van der Waals surface area contributed by atoms with Crippen LogP contribution in [0, 0.1) is 10.8 Å². The van der Waals surface area contributed by atoms with E-state index < -0.39 is 0 Å². The second kappa shape index (κ2) is 8.59. The van der Waals surface area contributed by atoms with Crippen LogP contribution in [0.4, 0.5) is 0 Å². The zero-order valence-electron chi connectivity index (χ0n) is 13.7. The van der Waals surface area contributed by atoms with Crippen molar-refractivity contribution in [2.75, 3.05) is 26.2 Å². The molecule has 124 valence electrons. The summed E-state index contributed by atoms with van der Waals surface area (Å²) < 4.78 is 0. The summed E-state index contributed by atoms with van der Waals surface area (Å²) in [4.78, 5) is 23.4. The molecule has 1 saturated heterocycles. The Bertz CT molecular complexity index is 347. The van der Waals surface area contributed by atoms with Crippen LogP contribution < -0.4 is 16.0 Å². The predicted molar refractivity (Wildman–Crippen MR) is 87.6 cm³/mol. The Labute approximate surface area is 134 Å². The van der Waals surface area contributed by atoms with Gasteiger partial charge in [-0.1, -0.05) is 27.7 Å². The van der Waals surface area contributed by atoms with E-state index in [0.717, 1.165) is 25.9 Å². The van der Waals surface area contributed by atoms with Gasteiger partial charge >= 0.3 is 0 Å². The number of carbonyl (C=O) groups excluding carboxylic acids is 2. The number of halogens is 1. The van der Waals surface area contributed by atoms with Crippen molar-refractivity contribution in [3.63, 3.8) is 0 Å². The molecule has 0 aromatic rings. The predicted octanol–water partition coefficient (Wildman–Crippen LogP) is 1.47. The molecule has 3 N–H and O–H groups in total. The Morgan fingerprint density at radius 1 is 1.10 bits per heavy atom. The van der Waals surface area contributed by atoms with E-state index in [-0.39, 0.29) is 41.6 Å². The fourth-order valence-electron chi connectivity index (χ4n) is 2.30. The van der Waals surface area contributed by atoms with E-state index in [1.807, 2.05) is 20.8 Å². The zero-order valence-corrected chi connectivity index (χ0v) is 14.5. The van der Waals surface area contributed by atoms with Crippen molar-refractivity contribution in [2.45, 2.75) is 47.0 Å². The first-order valence-corrected chi connectivity index (χ1v) is 7.44. The average molecular weight is 320 g/mol. The third-order valence-corrected chi connectivity index (χ3v) is 3.66. The van der Waals surface area contributed by atoms with E-state index in [9.17, 15) is 9.59 Å². The second-order valence-electron chi connectivity index (χ2n) is 7.35. The third-order valence-electron chi connectivity index (χ3n) is 3.66. The number of amides is 2. The Morgan fingerprint density at radius 3 is 2.19 bits per heavy atom. The highest BCUT2D eigenvalue weighted by Gasteiger charge is 2.27. The fraction of sp³-hybridized carbons (Fsp3) is 0.867. The van der Waals surface area contributed by atoms with Crippen LogP contribution in [0.2, 0.25) is 0 Å². The molecule has 0 spiro atoms. The first-order valence-electron chi connectivity index (χ1n) is 7.44. The summed E-state index contributed by atoms with van der Waals surface area (Å²) in [5.74, 6) is -0.173. The SMILES string of the molecule is CC(C)(C)CC(=O)NCC(=O)NCC1(C)CCNCC1.Cl. The smallest absolute Gasteiger partial charge is 0.239 e. The van der Waals surface area contributed by atoms with Crippen LogP contribution in [-0.4, -0.2) is 38.0 Å². The van der Waals surface area contributed by atoms with Gasteiger partial charge < -0.3 is 16.0 Å². The zero-order chi connectivity index (χ0) is 15.2. The minimum Gasteiger partial charge on any atom is -0.354 e. The van der Waals surface area contributed by atoms with Crippen LogP contribution in [0.5, 0.6) is 0 Å². The van der Waals surface area contributed by atoms with Crippen molar-refractivity contribution >= 4 is 24.2 Å². The Hall–Kier alpha value is -0.810. The fourth-order valence-corrected chi connectivity index (χ4v) is 2.30. The van der Waals surface area contributed by atoms with Gasteiger partial charge in [0, 0.05) is 13.0 Å². The highest BCUT2D eigenvalue weighted by molar-refractivity contribution is 5.85. The van der Waals surface area contributed by atoms with E-state index in [0.29, 0.717) is 13.0 Å². The van der Waals surface area contributed by atoms with E-state index in [4.69, 9.17) is 0 Å². The Kier molecular flexibility index (Phi) is 8.26. The molecule has 21 heavy (non-hydrogen) atoms. The lowest BCUT2D eigenvalue weighted by Crippen LogP contribution is -2.45. The van der Waals surface area contributed by atoms with Gasteiger partial charge in [-0.25, -0.2) is 0 Å². The van der Waals surface area contributed by atoms with Gasteiger partial charge in [0.25, 0.3) is 0 Å². The highest BCUT2D eigenvalue weighted by atomic mass is 35.5. The number of carbonyl (C=O) groups is 2. The molecular weight excluding hydrogens is 290 g/mol. The van der Waals surface area contributed by atoms with E-state index >= 15 is 0 Å². The molecule has 1 aliphatic rings. The molecule has 1 fully saturated rings. The number of rotatable bonds is 5. The monoisotopic (exact) mass is 319 g/mol. The van der Waals surface area contributed by atoms with Crippen LogP contribution in [0.25, 0.3) is 0 Å². The molecule has 0 unspecified atom stereocenters. The summed E-state index contributed by atoms with van der Waals surface area (Å²) in [7, 11) is 0. The van der Waals surface area contributed by atoms with Crippen molar-refractivity contribution < 1.29 is 9.59 Å². The lowest BCUT2D eigenvalue weighted by molar-refractivity contribution is -0.127. The van der Waals surface area contributed by atoms with Crippen LogP contribution >= 0.6 is 12.4 Å². The second-order valence-corrected chi connectivity index (χ2v) is 7.35. The summed E-state index contributed by atoms with van der Waals surface area (Å²) in [5.41, 5.74) is 0.124. The highest BCUT2D eigenvalue weighted by Crippen LogP contribution is 2.26. The first-order chi connectivity index (χ1) is 9.20. The standard InChI is InChI=1S/C15H29N3O2.ClH/c1-14(2,3)9-12(19)17-10-13(20)18-11-15(4)5-7-16-8-6-15;/h16H,5-11H2,1-4H3,(H,17,19)(H,18,20);1H. The third kappa shape index (κ3) is 8.94. The summed E-state index contributed by atoms with van der Waals surface area (Å²) in [6, 6.07) is 0. The van der Waals surface area contributed by atoms with Crippen molar-refractivity contribution in [1.82, 2.24) is 16.0 Å².